The number of piperidine rings is 1. The van der Waals surface area contributed by atoms with Crippen molar-refractivity contribution in [2.24, 2.45) is 0 Å². The van der Waals surface area contributed by atoms with Gasteiger partial charge in [-0.05, 0) is 43.4 Å². The smallest absolute Gasteiger partial charge is 0.0948 e. The quantitative estimate of drug-likeness (QED) is 0.852. The van der Waals surface area contributed by atoms with Crippen molar-refractivity contribution in [1.82, 2.24) is 14.5 Å². The maximum atomic E-state index is 4.15. The van der Waals surface area contributed by atoms with E-state index in [1.165, 1.54) is 42.6 Å². The van der Waals surface area contributed by atoms with Crippen molar-refractivity contribution in [3.8, 4) is 0 Å². The summed E-state index contributed by atoms with van der Waals surface area (Å²) in [5.74, 6) is 0. The Morgan fingerprint density at radius 1 is 1.15 bits per heavy atom. The van der Waals surface area contributed by atoms with Crippen LogP contribution in [0.5, 0.6) is 0 Å². The predicted molar refractivity (Wildman–Crippen MR) is 81.7 cm³/mol. The first-order valence-electron chi connectivity index (χ1n) is 7.48. The van der Waals surface area contributed by atoms with E-state index in [0.717, 1.165) is 6.54 Å². The van der Waals surface area contributed by atoms with Gasteiger partial charge in [-0.25, -0.2) is 4.98 Å². The van der Waals surface area contributed by atoms with Crippen LogP contribution < -0.4 is 0 Å². The van der Waals surface area contributed by atoms with Crippen molar-refractivity contribution in [2.45, 2.75) is 39.3 Å². The second-order valence-corrected chi connectivity index (χ2v) is 5.94. The lowest BCUT2D eigenvalue weighted by Crippen LogP contribution is -2.34. The summed E-state index contributed by atoms with van der Waals surface area (Å²) in [7, 11) is 0. The molecule has 3 rings (SSSR count). The van der Waals surface area contributed by atoms with Crippen molar-refractivity contribution in [2.75, 3.05) is 13.1 Å². The van der Waals surface area contributed by atoms with Gasteiger partial charge in [-0.2, -0.15) is 0 Å². The number of likely N-dealkylation sites (tertiary alicyclic amines) is 1. The summed E-state index contributed by atoms with van der Waals surface area (Å²) >= 11 is 0. The lowest BCUT2D eigenvalue weighted by Gasteiger charge is -2.32. The number of hydrogen-bond donors (Lipinski definition) is 0. The molecule has 0 bridgehead atoms. The van der Waals surface area contributed by atoms with E-state index < -0.39 is 0 Å². The van der Waals surface area contributed by atoms with Gasteiger partial charge in [-0.1, -0.05) is 18.2 Å². The van der Waals surface area contributed by atoms with Gasteiger partial charge in [0, 0.05) is 38.1 Å². The van der Waals surface area contributed by atoms with Crippen LogP contribution in [0.15, 0.2) is 36.9 Å². The van der Waals surface area contributed by atoms with Crippen LogP contribution >= 0.6 is 0 Å². The van der Waals surface area contributed by atoms with Gasteiger partial charge in [0.2, 0.25) is 0 Å². The summed E-state index contributed by atoms with van der Waals surface area (Å²) < 4.78 is 2.26. The first kappa shape index (κ1) is 13.4. The second kappa shape index (κ2) is 5.80. The summed E-state index contributed by atoms with van der Waals surface area (Å²) in [5, 5.41) is 0. The van der Waals surface area contributed by atoms with E-state index in [-0.39, 0.29) is 0 Å². The summed E-state index contributed by atoms with van der Waals surface area (Å²) in [6.45, 7) is 7.81. The van der Waals surface area contributed by atoms with E-state index in [1.807, 2.05) is 12.5 Å². The molecular formula is C17H23N3. The fourth-order valence-corrected chi connectivity index (χ4v) is 3.02. The first-order chi connectivity index (χ1) is 9.72. The molecule has 1 saturated heterocycles. The Balaban J connectivity index is 1.57. The van der Waals surface area contributed by atoms with Gasteiger partial charge in [-0.3, -0.25) is 4.90 Å². The molecule has 0 unspecified atom stereocenters. The molecule has 2 heterocycles. The van der Waals surface area contributed by atoms with E-state index >= 15 is 0 Å². The minimum absolute atomic E-state index is 0.633. The number of aryl methyl sites for hydroxylation is 2. The average molecular weight is 269 g/mol. The van der Waals surface area contributed by atoms with Crippen LogP contribution in [-0.2, 0) is 6.54 Å². The Kier molecular flexibility index (Phi) is 3.88. The van der Waals surface area contributed by atoms with Crippen molar-refractivity contribution in [3.63, 3.8) is 0 Å². The molecule has 3 heteroatoms. The molecule has 1 aromatic carbocycles. The van der Waals surface area contributed by atoms with Crippen molar-refractivity contribution in [1.29, 1.82) is 0 Å². The fraction of sp³-hybridized carbons (Fsp3) is 0.471. The highest BCUT2D eigenvalue weighted by atomic mass is 15.2. The summed E-state index contributed by atoms with van der Waals surface area (Å²) in [6.07, 6.45) is 8.36. The molecule has 0 amide bonds. The topological polar surface area (TPSA) is 21.1 Å². The normalized spacial score (nSPS) is 17.5. The van der Waals surface area contributed by atoms with Crippen LogP contribution in [0.25, 0.3) is 0 Å². The molecule has 0 N–H and O–H groups in total. The molecule has 0 spiro atoms. The lowest BCUT2D eigenvalue weighted by atomic mass is 10.0. The SMILES string of the molecule is Cc1ccc(CN2CCC(n3ccnc3)CC2)cc1C. The molecule has 3 nitrogen and oxygen atoms in total. The number of rotatable bonds is 3. The highest BCUT2D eigenvalue weighted by molar-refractivity contribution is 5.29. The van der Waals surface area contributed by atoms with Crippen molar-refractivity contribution < 1.29 is 0 Å². The maximum Gasteiger partial charge on any atom is 0.0948 e. The average Bonchev–Trinajstić information content (AvgIpc) is 2.98. The Labute approximate surface area is 121 Å². The molecule has 1 aliphatic rings. The van der Waals surface area contributed by atoms with Gasteiger partial charge in [0.25, 0.3) is 0 Å². The first-order valence-corrected chi connectivity index (χ1v) is 7.48. The third kappa shape index (κ3) is 2.93. The molecule has 1 aromatic heterocycles. The molecule has 0 saturated carbocycles. The Bertz CT molecular complexity index is 552. The van der Waals surface area contributed by atoms with Crippen LogP contribution in [0.1, 0.15) is 35.6 Å². The zero-order chi connectivity index (χ0) is 13.9. The highest BCUT2D eigenvalue weighted by Gasteiger charge is 2.20. The largest absolute Gasteiger partial charge is 0.334 e. The number of benzene rings is 1. The van der Waals surface area contributed by atoms with Crippen molar-refractivity contribution in [3.05, 3.63) is 53.6 Å². The van der Waals surface area contributed by atoms with E-state index in [1.54, 1.807) is 0 Å². The summed E-state index contributed by atoms with van der Waals surface area (Å²) in [5.41, 5.74) is 4.22. The zero-order valence-corrected chi connectivity index (χ0v) is 12.4. The Morgan fingerprint density at radius 3 is 2.60 bits per heavy atom. The highest BCUT2D eigenvalue weighted by Crippen LogP contribution is 2.23. The van der Waals surface area contributed by atoms with Crippen LogP contribution in [0.2, 0.25) is 0 Å². The molecule has 1 aliphatic heterocycles. The maximum absolute atomic E-state index is 4.15. The van der Waals surface area contributed by atoms with E-state index in [4.69, 9.17) is 0 Å². The van der Waals surface area contributed by atoms with E-state index in [9.17, 15) is 0 Å². The summed E-state index contributed by atoms with van der Waals surface area (Å²) in [6, 6.07) is 7.47. The number of aromatic nitrogens is 2. The molecule has 1 fully saturated rings. The Hall–Kier alpha value is -1.61. The number of nitrogens with zero attached hydrogens (tertiary/aromatic N) is 3. The standard InChI is InChI=1S/C17H23N3/c1-14-3-4-16(11-15(14)2)12-19-8-5-17(6-9-19)20-10-7-18-13-20/h3-4,7,10-11,13,17H,5-6,8-9,12H2,1-2H3. The minimum Gasteiger partial charge on any atom is -0.334 e. The van der Waals surface area contributed by atoms with Crippen molar-refractivity contribution >= 4 is 0 Å². The monoisotopic (exact) mass is 269 g/mol. The van der Waals surface area contributed by atoms with Gasteiger partial charge < -0.3 is 4.57 Å². The van der Waals surface area contributed by atoms with Crippen LogP contribution in [0.3, 0.4) is 0 Å². The minimum atomic E-state index is 0.633. The van der Waals surface area contributed by atoms with Gasteiger partial charge in [0.15, 0.2) is 0 Å². The van der Waals surface area contributed by atoms with E-state index in [2.05, 4.69) is 52.7 Å². The third-order valence-corrected chi connectivity index (χ3v) is 4.48. The molecule has 2 aromatic rings. The zero-order valence-electron chi connectivity index (χ0n) is 12.4. The van der Waals surface area contributed by atoms with Crippen LogP contribution in [-0.4, -0.2) is 27.5 Å². The van der Waals surface area contributed by atoms with E-state index in [0.29, 0.717) is 6.04 Å². The summed E-state index contributed by atoms with van der Waals surface area (Å²) in [4.78, 5) is 6.72. The predicted octanol–water partition coefficient (Wildman–Crippen LogP) is 3.34. The lowest BCUT2D eigenvalue weighted by molar-refractivity contribution is 0.179. The Morgan fingerprint density at radius 2 is 1.95 bits per heavy atom. The van der Waals surface area contributed by atoms with Gasteiger partial charge in [0.05, 0.1) is 6.33 Å². The van der Waals surface area contributed by atoms with Gasteiger partial charge in [-0.15, -0.1) is 0 Å². The van der Waals surface area contributed by atoms with Crippen LogP contribution in [0.4, 0.5) is 0 Å². The third-order valence-electron chi connectivity index (χ3n) is 4.48. The molecule has 0 aliphatic carbocycles. The van der Waals surface area contributed by atoms with Gasteiger partial charge >= 0.3 is 0 Å². The molecule has 0 atom stereocenters. The number of hydrogen-bond acceptors (Lipinski definition) is 2. The van der Waals surface area contributed by atoms with Crippen LogP contribution in [0, 0.1) is 13.8 Å². The van der Waals surface area contributed by atoms with Gasteiger partial charge in [0.1, 0.15) is 0 Å². The molecular weight excluding hydrogens is 246 g/mol. The second-order valence-electron chi connectivity index (χ2n) is 5.94. The molecule has 20 heavy (non-hydrogen) atoms. The fourth-order valence-electron chi connectivity index (χ4n) is 3.02. The molecule has 0 radical (unpaired) electrons. The molecule has 106 valence electrons. The number of imidazole rings is 1.